The number of anilines is 1. The number of fused-ring (bicyclic) bond motifs is 1. The lowest BCUT2D eigenvalue weighted by atomic mass is 9.99. The number of imide groups is 1. The molecule has 1 atom stereocenters. The number of hydrogen-bond donors (Lipinski definition) is 0. The molecule has 9 heteroatoms. The van der Waals surface area contributed by atoms with Crippen molar-refractivity contribution in [3.8, 4) is 0 Å². The van der Waals surface area contributed by atoms with E-state index in [1.807, 2.05) is 19.1 Å². The molecular formula is C31H22N2O7. The van der Waals surface area contributed by atoms with Crippen LogP contribution in [0.15, 0.2) is 91.0 Å². The van der Waals surface area contributed by atoms with E-state index in [9.17, 15) is 29.3 Å². The second-order valence-electron chi connectivity index (χ2n) is 9.36. The van der Waals surface area contributed by atoms with Crippen LogP contribution in [-0.2, 0) is 4.74 Å². The van der Waals surface area contributed by atoms with Crippen LogP contribution in [0, 0.1) is 24.0 Å². The summed E-state index contributed by atoms with van der Waals surface area (Å²) >= 11 is 0. The maximum atomic E-state index is 13.4. The third-order valence-electron chi connectivity index (χ3n) is 6.66. The quantitative estimate of drug-likeness (QED) is 0.0966. The van der Waals surface area contributed by atoms with Crippen molar-refractivity contribution in [3.05, 3.63) is 140 Å². The number of benzene rings is 4. The number of Topliss-reactive ketones (excluding diaryl/α,β-unsaturated/α-hetero) is 1. The molecular weight excluding hydrogens is 512 g/mol. The van der Waals surface area contributed by atoms with E-state index < -0.39 is 34.6 Å². The van der Waals surface area contributed by atoms with Gasteiger partial charge in [0.25, 0.3) is 17.5 Å². The minimum atomic E-state index is -1.41. The van der Waals surface area contributed by atoms with Gasteiger partial charge in [0.2, 0.25) is 5.78 Å². The topological polar surface area (TPSA) is 124 Å². The molecule has 1 heterocycles. The third kappa shape index (κ3) is 4.76. The fourth-order valence-corrected chi connectivity index (χ4v) is 4.52. The van der Waals surface area contributed by atoms with Gasteiger partial charge in [-0.2, -0.15) is 0 Å². The number of nitro benzene ring substituents is 1. The van der Waals surface area contributed by atoms with Gasteiger partial charge in [0, 0.05) is 23.3 Å². The Morgan fingerprint density at radius 3 is 2.15 bits per heavy atom. The Morgan fingerprint density at radius 1 is 0.800 bits per heavy atom. The fourth-order valence-electron chi connectivity index (χ4n) is 4.52. The average molecular weight is 535 g/mol. The smallest absolute Gasteiger partial charge is 0.339 e. The number of rotatable bonds is 7. The summed E-state index contributed by atoms with van der Waals surface area (Å²) in [6, 6.07) is 22.8. The van der Waals surface area contributed by atoms with Crippen LogP contribution in [0.1, 0.15) is 64.2 Å². The first-order valence-electron chi connectivity index (χ1n) is 12.3. The molecule has 0 radical (unpaired) electrons. The standard InChI is InChI=1S/C31H22N2O7/c1-18-8-9-19(2)26(16-18)32-29(35)24-15-12-22(17-25(24)30(32)36)31(37)40-28(27(34)20-6-4-3-5-7-20)21-10-13-23(14-11-21)33(38)39/h3-17,28H,1-2H3/t28-/m0/s1. The Kier molecular flexibility index (Phi) is 6.79. The zero-order valence-corrected chi connectivity index (χ0v) is 21.5. The number of aryl methyl sites for hydroxylation is 2. The van der Waals surface area contributed by atoms with Crippen LogP contribution >= 0.6 is 0 Å². The summed E-state index contributed by atoms with van der Waals surface area (Å²) in [4.78, 5) is 64.7. The molecule has 0 unspecified atom stereocenters. The highest BCUT2D eigenvalue weighted by atomic mass is 16.6. The molecule has 9 nitrogen and oxygen atoms in total. The van der Waals surface area contributed by atoms with Crippen molar-refractivity contribution >= 4 is 34.9 Å². The van der Waals surface area contributed by atoms with Crippen molar-refractivity contribution in [3.63, 3.8) is 0 Å². The number of ether oxygens (including phenoxy) is 1. The number of carbonyl (C=O) groups excluding carboxylic acids is 4. The first kappa shape index (κ1) is 26.2. The first-order chi connectivity index (χ1) is 19.2. The van der Waals surface area contributed by atoms with Crippen LogP contribution in [0.4, 0.5) is 11.4 Å². The molecule has 0 saturated heterocycles. The summed E-state index contributed by atoms with van der Waals surface area (Å²) in [6.07, 6.45) is -1.41. The van der Waals surface area contributed by atoms with E-state index in [4.69, 9.17) is 4.74 Å². The highest BCUT2D eigenvalue weighted by Crippen LogP contribution is 2.33. The van der Waals surface area contributed by atoms with Gasteiger partial charge in [-0.3, -0.25) is 24.5 Å². The van der Waals surface area contributed by atoms with Crippen LogP contribution in [0.25, 0.3) is 0 Å². The maximum Gasteiger partial charge on any atom is 0.339 e. The first-order valence-corrected chi connectivity index (χ1v) is 12.3. The van der Waals surface area contributed by atoms with E-state index in [1.165, 1.54) is 42.5 Å². The van der Waals surface area contributed by atoms with Gasteiger partial charge >= 0.3 is 5.97 Å². The predicted octanol–water partition coefficient (Wildman–Crippen LogP) is 5.79. The summed E-state index contributed by atoms with van der Waals surface area (Å²) in [5.41, 5.74) is 2.57. The van der Waals surface area contributed by atoms with Crippen molar-refractivity contribution in [1.82, 2.24) is 0 Å². The van der Waals surface area contributed by atoms with Gasteiger partial charge in [-0.05, 0) is 61.4 Å². The molecule has 0 aromatic heterocycles. The van der Waals surface area contributed by atoms with Crippen molar-refractivity contribution < 1.29 is 28.8 Å². The van der Waals surface area contributed by atoms with Crippen LogP contribution in [-0.4, -0.2) is 28.5 Å². The van der Waals surface area contributed by atoms with Gasteiger partial charge in [-0.1, -0.05) is 42.5 Å². The van der Waals surface area contributed by atoms with Gasteiger partial charge in [-0.25, -0.2) is 9.69 Å². The molecule has 5 rings (SSSR count). The Morgan fingerprint density at radius 2 is 1.48 bits per heavy atom. The monoisotopic (exact) mass is 534 g/mol. The van der Waals surface area contributed by atoms with E-state index in [-0.39, 0.29) is 33.5 Å². The second kappa shape index (κ2) is 10.4. The molecule has 4 aromatic carbocycles. The second-order valence-corrected chi connectivity index (χ2v) is 9.36. The molecule has 0 N–H and O–H groups in total. The highest BCUT2D eigenvalue weighted by Gasteiger charge is 2.38. The lowest BCUT2D eigenvalue weighted by molar-refractivity contribution is -0.384. The molecule has 4 aromatic rings. The minimum absolute atomic E-state index is 0.0320. The molecule has 40 heavy (non-hydrogen) atoms. The van der Waals surface area contributed by atoms with Crippen LogP contribution in [0.5, 0.6) is 0 Å². The summed E-state index contributed by atoms with van der Waals surface area (Å²) in [5, 5.41) is 11.1. The Hall–Kier alpha value is -5.44. The minimum Gasteiger partial charge on any atom is -0.445 e. The van der Waals surface area contributed by atoms with E-state index in [0.717, 1.165) is 16.0 Å². The van der Waals surface area contributed by atoms with E-state index in [2.05, 4.69) is 0 Å². The third-order valence-corrected chi connectivity index (χ3v) is 6.66. The van der Waals surface area contributed by atoms with Gasteiger partial charge in [0.05, 0.1) is 27.3 Å². The molecule has 0 bridgehead atoms. The number of nitrogens with zero attached hydrogens (tertiary/aromatic N) is 2. The van der Waals surface area contributed by atoms with Crippen LogP contribution in [0.2, 0.25) is 0 Å². The number of carbonyl (C=O) groups is 4. The molecule has 198 valence electrons. The van der Waals surface area contributed by atoms with Crippen LogP contribution < -0.4 is 4.90 Å². The molecule has 0 spiro atoms. The lowest BCUT2D eigenvalue weighted by Crippen LogP contribution is -2.30. The fraction of sp³-hybridized carbons (Fsp3) is 0.0968. The summed E-state index contributed by atoms with van der Waals surface area (Å²) in [6.45, 7) is 3.65. The molecule has 0 saturated carbocycles. The zero-order valence-electron chi connectivity index (χ0n) is 21.5. The average Bonchev–Trinajstić information content (AvgIpc) is 3.21. The van der Waals surface area contributed by atoms with Crippen molar-refractivity contribution in [2.24, 2.45) is 0 Å². The summed E-state index contributed by atoms with van der Waals surface area (Å²) < 4.78 is 5.64. The Balaban J connectivity index is 1.47. The number of amides is 2. The van der Waals surface area contributed by atoms with E-state index in [1.54, 1.807) is 43.3 Å². The van der Waals surface area contributed by atoms with Crippen molar-refractivity contribution in [1.29, 1.82) is 0 Å². The largest absolute Gasteiger partial charge is 0.445 e. The zero-order chi connectivity index (χ0) is 28.6. The number of esters is 1. The molecule has 0 fully saturated rings. The van der Waals surface area contributed by atoms with Gasteiger partial charge < -0.3 is 4.74 Å². The normalized spacial score (nSPS) is 13.1. The molecule has 2 amide bonds. The Bertz CT molecular complexity index is 1700. The van der Waals surface area contributed by atoms with Gasteiger partial charge in [0.1, 0.15) is 0 Å². The Labute approximate surface area is 228 Å². The van der Waals surface area contributed by atoms with E-state index >= 15 is 0 Å². The molecule has 0 aliphatic carbocycles. The SMILES string of the molecule is Cc1ccc(C)c(N2C(=O)c3ccc(C(=O)O[C@H](C(=O)c4ccccc4)c4ccc([N+](=O)[O-])cc4)cc3C2=O)c1. The van der Waals surface area contributed by atoms with Gasteiger partial charge in [0.15, 0.2) is 6.10 Å². The van der Waals surface area contributed by atoms with Gasteiger partial charge in [-0.15, -0.1) is 0 Å². The lowest BCUT2D eigenvalue weighted by Gasteiger charge is -2.18. The predicted molar refractivity (Wildman–Crippen MR) is 146 cm³/mol. The number of nitro groups is 1. The number of ketones is 1. The van der Waals surface area contributed by atoms with Crippen LogP contribution in [0.3, 0.4) is 0 Å². The molecule has 1 aliphatic heterocycles. The summed E-state index contributed by atoms with van der Waals surface area (Å²) in [5.74, 6) is -2.51. The maximum absolute atomic E-state index is 13.4. The van der Waals surface area contributed by atoms with Crippen molar-refractivity contribution in [2.45, 2.75) is 20.0 Å². The number of non-ortho nitro benzene ring substituents is 1. The highest BCUT2D eigenvalue weighted by molar-refractivity contribution is 6.35. The van der Waals surface area contributed by atoms with Crippen molar-refractivity contribution in [2.75, 3.05) is 4.90 Å². The summed E-state index contributed by atoms with van der Waals surface area (Å²) in [7, 11) is 0. The molecule has 1 aliphatic rings. The number of hydrogen-bond acceptors (Lipinski definition) is 7. The van der Waals surface area contributed by atoms with E-state index in [0.29, 0.717) is 5.69 Å².